The first-order valence-corrected chi connectivity index (χ1v) is 6.02. The highest BCUT2D eigenvalue weighted by atomic mass is 19.1. The summed E-state index contributed by atoms with van der Waals surface area (Å²) in [5.41, 5.74) is 1.47. The van der Waals surface area contributed by atoms with Crippen LogP contribution in [0.15, 0.2) is 54.6 Å². The SMILES string of the molecule is O=Cc1nnn(-c2ccccc2)c1-c1ccccc1F. The number of rotatable bonds is 3. The van der Waals surface area contributed by atoms with Crippen LogP contribution in [0.25, 0.3) is 16.9 Å². The molecular weight excluding hydrogens is 257 g/mol. The van der Waals surface area contributed by atoms with Crippen LogP contribution in [0.4, 0.5) is 4.39 Å². The van der Waals surface area contributed by atoms with E-state index in [0.717, 1.165) is 0 Å². The molecule has 0 aliphatic heterocycles. The summed E-state index contributed by atoms with van der Waals surface area (Å²) in [7, 11) is 0. The lowest BCUT2D eigenvalue weighted by Crippen LogP contribution is -2.01. The van der Waals surface area contributed by atoms with Gasteiger partial charge in [-0.25, -0.2) is 9.07 Å². The van der Waals surface area contributed by atoms with Crippen molar-refractivity contribution in [3.63, 3.8) is 0 Å². The maximum Gasteiger partial charge on any atom is 0.172 e. The molecule has 0 N–H and O–H groups in total. The first kappa shape index (κ1) is 12.2. The van der Waals surface area contributed by atoms with Crippen LogP contribution in [0.3, 0.4) is 0 Å². The molecule has 2 aromatic carbocycles. The monoisotopic (exact) mass is 267 g/mol. The zero-order valence-electron chi connectivity index (χ0n) is 10.4. The molecule has 0 fully saturated rings. The number of carbonyl (C=O) groups excluding carboxylic acids is 1. The van der Waals surface area contributed by atoms with Crippen LogP contribution < -0.4 is 0 Å². The Morgan fingerprint density at radius 2 is 1.70 bits per heavy atom. The van der Waals surface area contributed by atoms with Crippen molar-refractivity contribution >= 4 is 6.29 Å². The molecule has 4 nitrogen and oxygen atoms in total. The predicted molar refractivity (Wildman–Crippen MR) is 72.1 cm³/mol. The second-order valence-electron chi connectivity index (χ2n) is 4.17. The van der Waals surface area contributed by atoms with Crippen molar-refractivity contribution in [1.29, 1.82) is 0 Å². The van der Waals surface area contributed by atoms with Crippen LogP contribution in [0, 0.1) is 5.82 Å². The van der Waals surface area contributed by atoms with E-state index in [9.17, 15) is 9.18 Å². The van der Waals surface area contributed by atoms with Gasteiger partial charge in [-0.05, 0) is 24.3 Å². The lowest BCUT2D eigenvalue weighted by atomic mass is 10.1. The Morgan fingerprint density at radius 3 is 2.40 bits per heavy atom. The molecule has 5 heteroatoms. The van der Waals surface area contributed by atoms with E-state index in [1.54, 1.807) is 18.2 Å². The Hall–Kier alpha value is -2.82. The van der Waals surface area contributed by atoms with Crippen molar-refractivity contribution in [3.8, 4) is 16.9 Å². The Balaban J connectivity index is 2.27. The highest BCUT2D eigenvalue weighted by Gasteiger charge is 2.18. The summed E-state index contributed by atoms with van der Waals surface area (Å²) in [6.45, 7) is 0. The van der Waals surface area contributed by atoms with Crippen molar-refractivity contribution < 1.29 is 9.18 Å². The number of nitrogens with zero attached hydrogens (tertiary/aromatic N) is 3. The highest BCUT2D eigenvalue weighted by Crippen LogP contribution is 2.26. The van der Waals surface area contributed by atoms with Crippen LogP contribution in [0.5, 0.6) is 0 Å². The molecule has 1 heterocycles. The van der Waals surface area contributed by atoms with Gasteiger partial charge in [0.25, 0.3) is 0 Å². The van der Waals surface area contributed by atoms with E-state index in [2.05, 4.69) is 10.3 Å². The van der Waals surface area contributed by atoms with Crippen LogP contribution in [-0.2, 0) is 0 Å². The normalized spacial score (nSPS) is 10.4. The van der Waals surface area contributed by atoms with Crippen molar-refractivity contribution in [2.24, 2.45) is 0 Å². The van der Waals surface area contributed by atoms with Crippen molar-refractivity contribution in [2.75, 3.05) is 0 Å². The van der Waals surface area contributed by atoms with Gasteiger partial charge in [-0.2, -0.15) is 0 Å². The van der Waals surface area contributed by atoms with Crippen molar-refractivity contribution in [3.05, 3.63) is 66.1 Å². The van der Waals surface area contributed by atoms with Gasteiger partial charge in [-0.3, -0.25) is 4.79 Å². The number of carbonyl (C=O) groups is 1. The third kappa shape index (κ3) is 1.99. The second-order valence-corrected chi connectivity index (χ2v) is 4.17. The minimum absolute atomic E-state index is 0.110. The molecule has 0 unspecified atom stereocenters. The van der Waals surface area contributed by atoms with Gasteiger partial charge >= 0.3 is 0 Å². The molecule has 3 rings (SSSR count). The lowest BCUT2D eigenvalue weighted by molar-refractivity contribution is 0.111. The summed E-state index contributed by atoms with van der Waals surface area (Å²) < 4.78 is 15.4. The molecule has 1 aromatic heterocycles. The zero-order valence-corrected chi connectivity index (χ0v) is 10.4. The smallest absolute Gasteiger partial charge is 0.172 e. The van der Waals surface area contributed by atoms with E-state index in [4.69, 9.17) is 0 Å². The summed E-state index contributed by atoms with van der Waals surface area (Å²) in [6, 6.07) is 15.4. The summed E-state index contributed by atoms with van der Waals surface area (Å²) in [4.78, 5) is 11.1. The van der Waals surface area contributed by atoms with Gasteiger partial charge in [0.05, 0.1) is 5.69 Å². The van der Waals surface area contributed by atoms with E-state index in [0.29, 0.717) is 23.2 Å². The molecule has 0 radical (unpaired) electrons. The molecule has 98 valence electrons. The Labute approximate surface area is 114 Å². The molecule has 0 atom stereocenters. The molecule has 0 amide bonds. The number of hydrogen-bond donors (Lipinski definition) is 0. The van der Waals surface area contributed by atoms with Gasteiger partial charge in [-0.15, -0.1) is 5.10 Å². The third-order valence-electron chi connectivity index (χ3n) is 2.94. The average molecular weight is 267 g/mol. The predicted octanol–water partition coefficient (Wildman–Crippen LogP) is 2.89. The molecular formula is C15H10FN3O. The molecule has 0 saturated heterocycles. The minimum atomic E-state index is -0.421. The number of benzene rings is 2. The molecule has 0 saturated carbocycles. The van der Waals surface area contributed by atoms with E-state index < -0.39 is 5.82 Å². The zero-order chi connectivity index (χ0) is 13.9. The Bertz CT molecular complexity index is 753. The van der Waals surface area contributed by atoms with Gasteiger partial charge in [-0.1, -0.05) is 35.5 Å². The van der Waals surface area contributed by atoms with Crippen LogP contribution in [0.2, 0.25) is 0 Å². The van der Waals surface area contributed by atoms with Gasteiger partial charge < -0.3 is 0 Å². The first-order valence-electron chi connectivity index (χ1n) is 6.02. The number of para-hydroxylation sites is 1. The molecule has 0 bridgehead atoms. The average Bonchev–Trinajstić information content (AvgIpc) is 2.92. The Morgan fingerprint density at radius 1 is 1.00 bits per heavy atom. The minimum Gasteiger partial charge on any atom is -0.296 e. The standard InChI is InChI=1S/C15H10FN3O/c16-13-9-5-4-8-12(13)15-14(10-20)17-18-19(15)11-6-2-1-3-7-11/h1-10H. The van der Waals surface area contributed by atoms with E-state index >= 15 is 0 Å². The topological polar surface area (TPSA) is 47.8 Å². The van der Waals surface area contributed by atoms with Gasteiger partial charge in [0.2, 0.25) is 0 Å². The van der Waals surface area contributed by atoms with E-state index in [1.165, 1.54) is 10.7 Å². The molecule has 0 aliphatic carbocycles. The Kier molecular flexibility index (Phi) is 3.09. The molecule has 0 aliphatic rings. The lowest BCUT2D eigenvalue weighted by Gasteiger charge is -2.07. The quantitative estimate of drug-likeness (QED) is 0.685. The number of halogens is 1. The second kappa shape index (κ2) is 5.05. The van der Waals surface area contributed by atoms with Crippen molar-refractivity contribution in [2.45, 2.75) is 0 Å². The maximum absolute atomic E-state index is 14.0. The fourth-order valence-electron chi connectivity index (χ4n) is 2.03. The summed E-state index contributed by atoms with van der Waals surface area (Å²) >= 11 is 0. The molecule has 20 heavy (non-hydrogen) atoms. The van der Waals surface area contributed by atoms with Crippen LogP contribution in [-0.4, -0.2) is 21.3 Å². The molecule has 3 aromatic rings. The number of aromatic nitrogens is 3. The van der Waals surface area contributed by atoms with Gasteiger partial charge in [0, 0.05) is 5.56 Å². The number of aldehydes is 1. The van der Waals surface area contributed by atoms with Gasteiger partial charge in [0.1, 0.15) is 11.5 Å². The van der Waals surface area contributed by atoms with E-state index in [-0.39, 0.29) is 5.69 Å². The fraction of sp³-hybridized carbons (Fsp3) is 0. The molecule has 0 spiro atoms. The summed E-state index contributed by atoms with van der Waals surface area (Å²) in [6.07, 6.45) is 0.578. The maximum atomic E-state index is 14.0. The number of hydrogen-bond acceptors (Lipinski definition) is 3. The van der Waals surface area contributed by atoms with E-state index in [1.807, 2.05) is 30.3 Å². The summed E-state index contributed by atoms with van der Waals surface area (Å²) in [5, 5.41) is 7.75. The third-order valence-corrected chi connectivity index (χ3v) is 2.94. The van der Waals surface area contributed by atoms with Crippen molar-refractivity contribution in [1.82, 2.24) is 15.0 Å². The van der Waals surface area contributed by atoms with Crippen LogP contribution in [0.1, 0.15) is 10.5 Å². The van der Waals surface area contributed by atoms with Crippen LogP contribution >= 0.6 is 0 Å². The largest absolute Gasteiger partial charge is 0.296 e. The summed E-state index contributed by atoms with van der Waals surface area (Å²) in [5.74, 6) is -0.421. The van der Waals surface area contributed by atoms with Gasteiger partial charge in [0.15, 0.2) is 12.0 Å². The highest BCUT2D eigenvalue weighted by molar-refractivity contribution is 5.84. The fourth-order valence-corrected chi connectivity index (χ4v) is 2.03. The first-order chi connectivity index (χ1) is 9.81.